The maximum absolute atomic E-state index is 13.5. The van der Waals surface area contributed by atoms with Gasteiger partial charge in [0.15, 0.2) is 0 Å². The van der Waals surface area contributed by atoms with Gasteiger partial charge in [-0.05, 0) is 41.8 Å². The molecule has 1 amide bonds. The number of benzene rings is 2. The van der Waals surface area contributed by atoms with Crippen molar-refractivity contribution in [2.75, 3.05) is 13.2 Å². The number of halogens is 1. The van der Waals surface area contributed by atoms with Crippen molar-refractivity contribution in [3.8, 4) is 5.75 Å². The number of amides is 1. The summed E-state index contributed by atoms with van der Waals surface area (Å²) in [6.45, 7) is 4.43. The number of carbonyl (C=O) groups is 1. The van der Waals surface area contributed by atoms with Gasteiger partial charge in [-0.15, -0.1) is 0 Å². The van der Waals surface area contributed by atoms with E-state index in [2.05, 4.69) is 11.9 Å². The quantitative estimate of drug-likeness (QED) is 0.593. The number of hydrogen-bond acceptors (Lipinski definition) is 2. The molecule has 24 heavy (non-hydrogen) atoms. The molecule has 2 aromatic carbocycles. The first-order valence-electron chi connectivity index (χ1n) is 7.72. The minimum absolute atomic E-state index is 0.210. The molecule has 0 bridgehead atoms. The molecule has 1 N–H and O–H groups in total. The maximum Gasteiger partial charge on any atom is 0.244 e. The lowest BCUT2D eigenvalue weighted by Crippen LogP contribution is -2.23. The van der Waals surface area contributed by atoms with E-state index >= 15 is 0 Å². The van der Waals surface area contributed by atoms with E-state index in [0.29, 0.717) is 25.1 Å². The van der Waals surface area contributed by atoms with E-state index in [-0.39, 0.29) is 11.7 Å². The van der Waals surface area contributed by atoms with Crippen molar-refractivity contribution in [1.82, 2.24) is 5.32 Å². The molecule has 0 aliphatic heterocycles. The van der Waals surface area contributed by atoms with Crippen molar-refractivity contribution in [3.05, 3.63) is 84.2 Å². The van der Waals surface area contributed by atoms with Crippen LogP contribution < -0.4 is 10.1 Å². The monoisotopic (exact) mass is 325 g/mol. The van der Waals surface area contributed by atoms with Gasteiger partial charge in [-0.3, -0.25) is 4.79 Å². The summed E-state index contributed by atoms with van der Waals surface area (Å²) in [6, 6.07) is 13.9. The van der Waals surface area contributed by atoms with Gasteiger partial charge >= 0.3 is 0 Å². The molecule has 0 saturated heterocycles. The predicted octanol–water partition coefficient (Wildman–Crippen LogP) is 3.76. The number of ether oxygens (including phenoxy) is 1. The van der Waals surface area contributed by atoms with E-state index in [0.717, 1.165) is 11.3 Å². The molecule has 0 aliphatic rings. The molecule has 4 heteroatoms. The molecule has 0 heterocycles. The number of hydrogen-bond donors (Lipinski definition) is 1. The summed E-state index contributed by atoms with van der Waals surface area (Å²) in [7, 11) is 0. The summed E-state index contributed by atoms with van der Waals surface area (Å²) in [4.78, 5) is 11.8. The van der Waals surface area contributed by atoms with Crippen LogP contribution in [0.3, 0.4) is 0 Å². The Bertz CT molecular complexity index is 708. The SMILES string of the molecule is C=CCOc1ccc(/C=C/C(=O)NCCc2ccccc2F)cc1. The Balaban J connectivity index is 1.78. The van der Waals surface area contributed by atoms with Crippen molar-refractivity contribution in [1.29, 1.82) is 0 Å². The molecule has 0 fully saturated rings. The van der Waals surface area contributed by atoms with Crippen LogP contribution >= 0.6 is 0 Å². The van der Waals surface area contributed by atoms with Crippen LogP contribution in [0, 0.1) is 5.82 Å². The number of carbonyl (C=O) groups excluding carboxylic acids is 1. The molecule has 0 unspecified atom stereocenters. The fourth-order valence-electron chi connectivity index (χ4n) is 2.08. The minimum Gasteiger partial charge on any atom is -0.490 e. The van der Waals surface area contributed by atoms with Gasteiger partial charge in [0, 0.05) is 12.6 Å². The Morgan fingerprint density at radius 3 is 2.62 bits per heavy atom. The fraction of sp³-hybridized carbons (Fsp3) is 0.150. The van der Waals surface area contributed by atoms with Crippen molar-refractivity contribution in [2.45, 2.75) is 6.42 Å². The highest BCUT2D eigenvalue weighted by atomic mass is 19.1. The van der Waals surface area contributed by atoms with Gasteiger partial charge in [-0.25, -0.2) is 4.39 Å². The van der Waals surface area contributed by atoms with Gasteiger partial charge in [0.25, 0.3) is 0 Å². The zero-order chi connectivity index (χ0) is 17.2. The summed E-state index contributed by atoms with van der Waals surface area (Å²) in [5, 5.41) is 2.74. The third-order valence-electron chi connectivity index (χ3n) is 3.33. The van der Waals surface area contributed by atoms with Crippen LogP contribution in [-0.2, 0) is 11.2 Å². The van der Waals surface area contributed by atoms with E-state index in [1.54, 1.807) is 30.4 Å². The zero-order valence-electron chi connectivity index (χ0n) is 13.4. The molecule has 2 aromatic rings. The van der Waals surface area contributed by atoms with Gasteiger partial charge in [0.1, 0.15) is 18.2 Å². The fourth-order valence-corrected chi connectivity index (χ4v) is 2.08. The first kappa shape index (κ1) is 17.5. The average Bonchev–Trinajstić information content (AvgIpc) is 2.61. The van der Waals surface area contributed by atoms with Gasteiger partial charge in [-0.1, -0.05) is 43.0 Å². The lowest BCUT2D eigenvalue weighted by molar-refractivity contribution is -0.116. The Morgan fingerprint density at radius 1 is 1.17 bits per heavy atom. The molecule has 124 valence electrons. The Labute approximate surface area is 141 Å². The molecule has 0 radical (unpaired) electrons. The maximum atomic E-state index is 13.5. The van der Waals surface area contributed by atoms with E-state index in [1.807, 2.05) is 24.3 Å². The van der Waals surface area contributed by atoms with Crippen LogP contribution in [0.25, 0.3) is 6.08 Å². The van der Waals surface area contributed by atoms with E-state index in [4.69, 9.17) is 4.74 Å². The molecule has 0 atom stereocenters. The predicted molar refractivity (Wildman–Crippen MR) is 94.3 cm³/mol. The Hall–Kier alpha value is -2.88. The summed E-state index contributed by atoms with van der Waals surface area (Å²) < 4.78 is 18.8. The summed E-state index contributed by atoms with van der Waals surface area (Å²) in [5.41, 5.74) is 1.49. The molecule has 3 nitrogen and oxygen atoms in total. The van der Waals surface area contributed by atoms with Gasteiger partial charge < -0.3 is 10.1 Å². The lowest BCUT2D eigenvalue weighted by atomic mass is 10.1. The third-order valence-corrected chi connectivity index (χ3v) is 3.33. The van der Waals surface area contributed by atoms with E-state index in [9.17, 15) is 9.18 Å². The molecule has 2 rings (SSSR count). The van der Waals surface area contributed by atoms with Crippen molar-refractivity contribution < 1.29 is 13.9 Å². The molecular weight excluding hydrogens is 305 g/mol. The highest BCUT2D eigenvalue weighted by Gasteiger charge is 2.01. The smallest absolute Gasteiger partial charge is 0.244 e. The molecule has 0 spiro atoms. The second-order valence-electron chi connectivity index (χ2n) is 5.13. The zero-order valence-corrected chi connectivity index (χ0v) is 13.4. The Kier molecular flexibility index (Phi) is 6.77. The highest BCUT2D eigenvalue weighted by molar-refractivity contribution is 5.91. The van der Waals surface area contributed by atoms with Crippen molar-refractivity contribution >= 4 is 12.0 Å². The molecule has 0 aromatic heterocycles. The second-order valence-corrected chi connectivity index (χ2v) is 5.13. The highest BCUT2D eigenvalue weighted by Crippen LogP contribution is 2.13. The summed E-state index contributed by atoms with van der Waals surface area (Å²) in [5.74, 6) is 0.292. The molecular formula is C20H20FNO2. The largest absolute Gasteiger partial charge is 0.490 e. The lowest BCUT2D eigenvalue weighted by Gasteiger charge is -2.04. The summed E-state index contributed by atoms with van der Waals surface area (Å²) >= 11 is 0. The van der Waals surface area contributed by atoms with Crippen LogP contribution in [-0.4, -0.2) is 19.1 Å². The van der Waals surface area contributed by atoms with E-state index in [1.165, 1.54) is 12.1 Å². The average molecular weight is 325 g/mol. The normalized spacial score (nSPS) is 10.5. The van der Waals surface area contributed by atoms with Crippen molar-refractivity contribution in [3.63, 3.8) is 0 Å². The standard InChI is InChI=1S/C20H20FNO2/c1-2-15-24-18-10-7-16(8-11-18)9-12-20(23)22-14-13-17-5-3-4-6-19(17)21/h2-12H,1,13-15H2,(H,22,23)/b12-9+. The van der Waals surface area contributed by atoms with Crippen LogP contribution in [0.5, 0.6) is 5.75 Å². The first-order valence-corrected chi connectivity index (χ1v) is 7.72. The Morgan fingerprint density at radius 2 is 1.92 bits per heavy atom. The summed E-state index contributed by atoms with van der Waals surface area (Å²) in [6.07, 6.45) is 5.32. The van der Waals surface area contributed by atoms with Crippen LogP contribution in [0.1, 0.15) is 11.1 Å². The van der Waals surface area contributed by atoms with Crippen molar-refractivity contribution in [2.24, 2.45) is 0 Å². The van der Waals surface area contributed by atoms with Crippen LogP contribution in [0.15, 0.2) is 67.3 Å². The third kappa shape index (κ3) is 5.72. The number of rotatable bonds is 8. The van der Waals surface area contributed by atoms with E-state index < -0.39 is 0 Å². The van der Waals surface area contributed by atoms with Gasteiger partial charge in [-0.2, -0.15) is 0 Å². The van der Waals surface area contributed by atoms with Crippen LogP contribution in [0.2, 0.25) is 0 Å². The molecule has 0 aliphatic carbocycles. The number of nitrogens with one attached hydrogen (secondary N) is 1. The second kappa shape index (κ2) is 9.30. The van der Waals surface area contributed by atoms with Gasteiger partial charge in [0.2, 0.25) is 5.91 Å². The topological polar surface area (TPSA) is 38.3 Å². The molecule has 0 saturated carbocycles. The minimum atomic E-state index is -0.249. The first-order chi connectivity index (χ1) is 11.7. The van der Waals surface area contributed by atoms with Crippen LogP contribution in [0.4, 0.5) is 4.39 Å². The van der Waals surface area contributed by atoms with Gasteiger partial charge in [0.05, 0.1) is 0 Å².